The summed E-state index contributed by atoms with van der Waals surface area (Å²) >= 11 is 3.71. The zero-order valence-corrected chi connectivity index (χ0v) is 15.4. The molecule has 0 bridgehead atoms. The summed E-state index contributed by atoms with van der Waals surface area (Å²) in [6, 6.07) is 7.20. The summed E-state index contributed by atoms with van der Waals surface area (Å²) in [5.41, 5.74) is 2.91. The molecule has 21 heavy (non-hydrogen) atoms. The third-order valence-electron chi connectivity index (χ3n) is 5.18. The Labute approximate surface area is 139 Å². The molecule has 1 N–H and O–H groups in total. The van der Waals surface area contributed by atoms with Crippen molar-refractivity contribution in [3.05, 3.63) is 33.8 Å². The molecule has 0 saturated heterocycles. The van der Waals surface area contributed by atoms with Crippen LogP contribution in [0.3, 0.4) is 0 Å². The van der Waals surface area contributed by atoms with Gasteiger partial charge in [0.25, 0.3) is 0 Å². The number of rotatable bonds is 6. The fraction of sp³-hybridized carbons (Fsp3) is 0.684. The van der Waals surface area contributed by atoms with E-state index in [-0.39, 0.29) is 0 Å². The lowest BCUT2D eigenvalue weighted by Crippen LogP contribution is -2.35. The maximum absolute atomic E-state index is 3.87. The second-order valence-corrected chi connectivity index (χ2v) is 7.36. The molecule has 0 heterocycles. The summed E-state index contributed by atoms with van der Waals surface area (Å²) in [4.78, 5) is 0. The van der Waals surface area contributed by atoms with Crippen LogP contribution in [0.2, 0.25) is 0 Å². The average molecular weight is 352 g/mol. The van der Waals surface area contributed by atoms with Gasteiger partial charge < -0.3 is 5.32 Å². The number of hydrogen-bond donors (Lipinski definition) is 1. The Morgan fingerprint density at radius 1 is 1.24 bits per heavy atom. The zero-order chi connectivity index (χ0) is 15.2. The van der Waals surface area contributed by atoms with E-state index in [1.54, 1.807) is 0 Å². The van der Waals surface area contributed by atoms with E-state index < -0.39 is 0 Å². The Bertz CT molecular complexity index is 443. The van der Waals surface area contributed by atoms with Crippen LogP contribution in [-0.4, -0.2) is 6.54 Å². The minimum absolute atomic E-state index is 0.521. The largest absolute Gasteiger partial charge is 0.310 e. The molecule has 118 valence electrons. The number of halogens is 1. The summed E-state index contributed by atoms with van der Waals surface area (Å²) in [7, 11) is 0. The third-order valence-corrected chi connectivity index (χ3v) is 6.04. The normalized spacial score (nSPS) is 24.0. The molecule has 0 radical (unpaired) electrons. The van der Waals surface area contributed by atoms with Crippen LogP contribution in [-0.2, 0) is 0 Å². The molecule has 2 rings (SSSR count). The fourth-order valence-corrected chi connectivity index (χ4v) is 4.32. The van der Waals surface area contributed by atoms with Crippen LogP contribution in [0, 0.1) is 18.8 Å². The first kappa shape index (κ1) is 17.0. The number of hydrogen-bond acceptors (Lipinski definition) is 1. The van der Waals surface area contributed by atoms with E-state index in [0.717, 1.165) is 18.4 Å². The summed E-state index contributed by atoms with van der Waals surface area (Å²) in [6.07, 6.45) is 8.14. The van der Waals surface area contributed by atoms with Gasteiger partial charge in [0, 0.05) is 10.5 Å². The summed E-state index contributed by atoms with van der Waals surface area (Å²) < 4.78 is 1.24. The van der Waals surface area contributed by atoms with Crippen molar-refractivity contribution in [1.29, 1.82) is 0 Å². The molecular weight excluding hydrogens is 322 g/mol. The van der Waals surface area contributed by atoms with Crippen LogP contribution >= 0.6 is 15.9 Å². The second-order valence-electron chi connectivity index (χ2n) is 6.50. The molecule has 1 fully saturated rings. The van der Waals surface area contributed by atoms with Crippen LogP contribution in [0.4, 0.5) is 0 Å². The van der Waals surface area contributed by atoms with Gasteiger partial charge in [-0.3, -0.25) is 0 Å². The van der Waals surface area contributed by atoms with E-state index in [1.165, 1.54) is 54.1 Å². The molecule has 0 aliphatic heterocycles. The average Bonchev–Trinajstić information content (AvgIpc) is 2.52. The minimum Gasteiger partial charge on any atom is -0.310 e. The van der Waals surface area contributed by atoms with E-state index in [9.17, 15) is 0 Å². The van der Waals surface area contributed by atoms with Gasteiger partial charge in [0.05, 0.1) is 0 Å². The van der Waals surface area contributed by atoms with E-state index in [4.69, 9.17) is 0 Å². The van der Waals surface area contributed by atoms with Crippen LogP contribution in [0.5, 0.6) is 0 Å². The molecule has 1 aromatic rings. The van der Waals surface area contributed by atoms with Crippen molar-refractivity contribution in [2.45, 2.75) is 65.3 Å². The molecule has 0 aromatic heterocycles. The standard InChI is InChI=1S/C19H30BrN/c1-4-13-21-19(16-11-8-12-18(20)14(16)3)17-10-7-6-9-15(17)5-2/h8,11-12,15,17,19,21H,4-7,9-10,13H2,1-3H3. The van der Waals surface area contributed by atoms with Gasteiger partial charge in [-0.2, -0.15) is 0 Å². The molecule has 0 amide bonds. The van der Waals surface area contributed by atoms with Crippen LogP contribution in [0.25, 0.3) is 0 Å². The van der Waals surface area contributed by atoms with Gasteiger partial charge >= 0.3 is 0 Å². The van der Waals surface area contributed by atoms with Crippen LogP contribution < -0.4 is 5.32 Å². The van der Waals surface area contributed by atoms with Gasteiger partial charge in [-0.05, 0) is 55.3 Å². The zero-order valence-electron chi connectivity index (χ0n) is 13.8. The summed E-state index contributed by atoms with van der Waals surface area (Å²) in [6.45, 7) is 8.00. The SMILES string of the molecule is CCCNC(c1cccc(Br)c1C)C1CCCCC1CC. The minimum atomic E-state index is 0.521. The predicted octanol–water partition coefficient (Wildman–Crippen LogP) is 6.01. The Kier molecular flexibility index (Phi) is 6.75. The first-order valence-electron chi connectivity index (χ1n) is 8.67. The van der Waals surface area contributed by atoms with Gasteiger partial charge in [0.1, 0.15) is 0 Å². The van der Waals surface area contributed by atoms with Crippen molar-refractivity contribution < 1.29 is 0 Å². The molecule has 3 unspecified atom stereocenters. The molecule has 0 spiro atoms. The van der Waals surface area contributed by atoms with Crippen LogP contribution in [0.15, 0.2) is 22.7 Å². The van der Waals surface area contributed by atoms with E-state index in [1.807, 2.05) is 0 Å². The van der Waals surface area contributed by atoms with Crippen molar-refractivity contribution in [3.8, 4) is 0 Å². The van der Waals surface area contributed by atoms with Crippen LogP contribution in [0.1, 0.15) is 69.5 Å². The monoisotopic (exact) mass is 351 g/mol. The van der Waals surface area contributed by atoms with Crippen molar-refractivity contribution in [1.82, 2.24) is 5.32 Å². The lowest BCUT2D eigenvalue weighted by atomic mass is 9.72. The highest BCUT2D eigenvalue weighted by atomic mass is 79.9. The van der Waals surface area contributed by atoms with E-state index >= 15 is 0 Å². The smallest absolute Gasteiger partial charge is 0.0354 e. The maximum Gasteiger partial charge on any atom is 0.0354 e. The lowest BCUT2D eigenvalue weighted by molar-refractivity contribution is 0.175. The third kappa shape index (κ3) is 4.10. The van der Waals surface area contributed by atoms with Gasteiger partial charge in [-0.15, -0.1) is 0 Å². The summed E-state index contributed by atoms with van der Waals surface area (Å²) in [5, 5.41) is 3.87. The first-order chi connectivity index (χ1) is 10.2. The Balaban J connectivity index is 2.30. The van der Waals surface area contributed by atoms with E-state index in [0.29, 0.717) is 6.04 Å². The number of benzene rings is 1. The highest BCUT2D eigenvalue weighted by Gasteiger charge is 2.32. The van der Waals surface area contributed by atoms with Crippen molar-refractivity contribution in [2.75, 3.05) is 6.54 Å². The Morgan fingerprint density at radius 2 is 2.00 bits per heavy atom. The van der Waals surface area contributed by atoms with Gasteiger partial charge in [-0.1, -0.05) is 67.6 Å². The van der Waals surface area contributed by atoms with Crippen molar-refractivity contribution in [3.63, 3.8) is 0 Å². The molecular formula is C19H30BrN. The Morgan fingerprint density at radius 3 is 2.71 bits per heavy atom. The van der Waals surface area contributed by atoms with Crippen molar-refractivity contribution in [2.24, 2.45) is 11.8 Å². The first-order valence-corrected chi connectivity index (χ1v) is 9.46. The van der Waals surface area contributed by atoms with Gasteiger partial charge in [-0.25, -0.2) is 0 Å². The molecule has 1 aliphatic carbocycles. The van der Waals surface area contributed by atoms with Crippen molar-refractivity contribution >= 4 is 15.9 Å². The molecule has 2 heteroatoms. The predicted molar refractivity (Wildman–Crippen MR) is 95.7 cm³/mol. The molecule has 1 saturated carbocycles. The number of nitrogens with one attached hydrogen (secondary N) is 1. The highest BCUT2D eigenvalue weighted by Crippen LogP contribution is 2.41. The van der Waals surface area contributed by atoms with Gasteiger partial charge in [0.15, 0.2) is 0 Å². The second kappa shape index (κ2) is 8.33. The summed E-state index contributed by atoms with van der Waals surface area (Å²) in [5.74, 6) is 1.68. The molecule has 1 nitrogen and oxygen atoms in total. The maximum atomic E-state index is 3.87. The fourth-order valence-electron chi connectivity index (χ4n) is 3.93. The van der Waals surface area contributed by atoms with Gasteiger partial charge in [0.2, 0.25) is 0 Å². The molecule has 3 atom stereocenters. The Hall–Kier alpha value is -0.340. The highest BCUT2D eigenvalue weighted by molar-refractivity contribution is 9.10. The molecule has 1 aromatic carbocycles. The lowest BCUT2D eigenvalue weighted by Gasteiger charge is -2.38. The van der Waals surface area contributed by atoms with E-state index in [2.05, 4.69) is 60.2 Å². The quantitative estimate of drug-likeness (QED) is 0.661. The molecule has 1 aliphatic rings. The topological polar surface area (TPSA) is 12.0 Å².